The van der Waals surface area contributed by atoms with Gasteiger partial charge in [0.25, 0.3) is 11.5 Å². The van der Waals surface area contributed by atoms with Crippen molar-refractivity contribution in [3.8, 4) is 0 Å². The van der Waals surface area contributed by atoms with Gasteiger partial charge in [0.05, 0.1) is 22.9 Å². The minimum Gasteiger partial charge on any atom is -0.365 e. The lowest BCUT2D eigenvalue weighted by Gasteiger charge is -2.41. The van der Waals surface area contributed by atoms with Crippen molar-refractivity contribution in [2.24, 2.45) is 0 Å². The molecule has 8 heteroatoms. The van der Waals surface area contributed by atoms with Crippen LogP contribution < -0.4 is 15.8 Å². The van der Waals surface area contributed by atoms with Gasteiger partial charge in [0.15, 0.2) is 0 Å². The highest BCUT2D eigenvalue weighted by Gasteiger charge is 2.27. The highest BCUT2D eigenvalue weighted by molar-refractivity contribution is 5.92. The summed E-state index contributed by atoms with van der Waals surface area (Å²) in [6, 6.07) is 8.05. The first-order valence-electron chi connectivity index (χ1n) is 11.2. The van der Waals surface area contributed by atoms with E-state index in [2.05, 4.69) is 43.1 Å². The molecule has 8 nitrogen and oxygen atoms in total. The average Bonchev–Trinajstić information content (AvgIpc) is 3.64. The largest absolute Gasteiger partial charge is 0.365 e. The molecular weight excluding hydrogens is 404 g/mol. The van der Waals surface area contributed by atoms with Crippen LogP contribution in [0.2, 0.25) is 0 Å². The normalized spacial score (nSPS) is 19.3. The maximum absolute atomic E-state index is 12.4. The van der Waals surface area contributed by atoms with E-state index in [1.807, 2.05) is 18.3 Å². The molecule has 1 aliphatic heterocycles. The molecule has 0 bridgehead atoms. The van der Waals surface area contributed by atoms with Crippen molar-refractivity contribution < 1.29 is 4.79 Å². The number of aromatic nitrogens is 3. The second-order valence-electron chi connectivity index (χ2n) is 8.86. The number of H-pyrrole nitrogens is 1. The van der Waals surface area contributed by atoms with Crippen LogP contribution in [0.15, 0.2) is 41.5 Å². The summed E-state index contributed by atoms with van der Waals surface area (Å²) in [5.41, 5.74) is 5.13. The first kappa shape index (κ1) is 20.6. The van der Waals surface area contributed by atoms with Crippen molar-refractivity contribution in [2.45, 2.75) is 38.3 Å². The minimum absolute atomic E-state index is 0.0252. The number of carbonyl (C=O) groups excluding carboxylic acids is 1. The lowest BCUT2D eigenvalue weighted by molar-refractivity contribution is 0.0958. The predicted octanol–water partition coefficient (Wildman–Crippen LogP) is 2.27. The molecule has 0 spiro atoms. The molecule has 0 radical (unpaired) electrons. The first-order chi connectivity index (χ1) is 15.5. The minimum atomic E-state index is -0.177. The molecular formula is C24H28N6O2. The summed E-state index contributed by atoms with van der Waals surface area (Å²) < 4.78 is 0. The van der Waals surface area contributed by atoms with Crippen LogP contribution in [0.5, 0.6) is 0 Å². The van der Waals surface area contributed by atoms with Gasteiger partial charge >= 0.3 is 0 Å². The number of nitrogens with zero attached hydrogens (tertiary/aromatic N) is 4. The molecule has 1 saturated heterocycles. The molecule has 32 heavy (non-hydrogen) atoms. The number of fused-ring (bicyclic) bond motifs is 1. The highest BCUT2D eigenvalue weighted by atomic mass is 16.1. The van der Waals surface area contributed by atoms with Crippen molar-refractivity contribution in [3.05, 3.63) is 63.8 Å². The van der Waals surface area contributed by atoms with Gasteiger partial charge in [-0.2, -0.15) is 0 Å². The lowest BCUT2D eigenvalue weighted by atomic mass is 10.1. The van der Waals surface area contributed by atoms with Gasteiger partial charge in [-0.1, -0.05) is 0 Å². The van der Waals surface area contributed by atoms with E-state index in [4.69, 9.17) is 0 Å². The van der Waals surface area contributed by atoms with Crippen molar-refractivity contribution >= 4 is 22.6 Å². The number of amides is 1. The van der Waals surface area contributed by atoms with Crippen LogP contribution in [0.3, 0.4) is 0 Å². The smallest absolute Gasteiger partial charge is 0.269 e. The fourth-order valence-electron chi connectivity index (χ4n) is 4.56. The Hall–Kier alpha value is -3.26. The van der Waals surface area contributed by atoms with Gasteiger partial charge in [-0.25, -0.2) is 4.98 Å². The van der Waals surface area contributed by atoms with Crippen LogP contribution >= 0.6 is 0 Å². The van der Waals surface area contributed by atoms with Crippen LogP contribution in [0.25, 0.3) is 11.0 Å². The maximum Gasteiger partial charge on any atom is 0.269 e. The molecule has 3 aromatic heterocycles. The molecule has 166 valence electrons. The van der Waals surface area contributed by atoms with E-state index in [0.717, 1.165) is 66.9 Å². The van der Waals surface area contributed by atoms with E-state index in [-0.39, 0.29) is 11.5 Å². The topological polar surface area (TPSA) is 94.2 Å². The van der Waals surface area contributed by atoms with Gasteiger partial charge in [0.1, 0.15) is 5.69 Å². The number of rotatable bonds is 5. The molecule has 5 rings (SSSR count). The van der Waals surface area contributed by atoms with Gasteiger partial charge in [-0.15, -0.1) is 0 Å². The molecule has 1 amide bonds. The zero-order chi connectivity index (χ0) is 22.2. The predicted molar refractivity (Wildman–Crippen MR) is 124 cm³/mol. The number of hydrogen-bond donors (Lipinski definition) is 2. The Morgan fingerprint density at radius 1 is 1.19 bits per heavy atom. The number of aromatic amines is 1. The molecule has 2 aliphatic rings. The Morgan fingerprint density at radius 3 is 2.72 bits per heavy atom. The van der Waals surface area contributed by atoms with E-state index >= 15 is 0 Å². The van der Waals surface area contributed by atoms with E-state index in [9.17, 15) is 9.59 Å². The Bertz CT molecular complexity index is 1200. The molecule has 0 aromatic carbocycles. The number of hydrogen-bond acceptors (Lipinski definition) is 6. The molecule has 1 atom stereocenters. The standard InChI is InChI=1S/C24H28N6O2/c1-15-13-29(7-8-30(15)18-5-6-20(27-12-18)24(32)25-2)14-16-9-22-21(26-11-16)10-19(17-3-4-17)23(31)28-22/h5-6,9-12,15,17H,3-4,7-8,13-14H2,1-2H3,(H,25,32)(H,28,31)/t15-/m1/s1. The Balaban J connectivity index is 1.25. The third kappa shape index (κ3) is 4.10. The van der Waals surface area contributed by atoms with Gasteiger partial charge in [0.2, 0.25) is 0 Å². The van der Waals surface area contributed by atoms with E-state index < -0.39 is 0 Å². The highest BCUT2D eigenvalue weighted by Crippen LogP contribution is 2.38. The quantitative estimate of drug-likeness (QED) is 0.642. The van der Waals surface area contributed by atoms with Crippen LogP contribution in [0.1, 0.15) is 47.3 Å². The Morgan fingerprint density at radius 2 is 2.03 bits per heavy atom. The number of piperazine rings is 1. The summed E-state index contributed by atoms with van der Waals surface area (Å²) in [5, 5.41) is 2.60. The number of anilines is 1. The van der Waals surface area contributed by atoms with Gasteiger partial charge in [-0.05, 0) is 55.5 Å². The van der Waals surface area contributed by atoms with E-state index in [0.29, 0.717) is 17.7 Å². The van der Waals surface area contributed by atoms with Crippen LogP contribution in [-0.2, 0) is 6.54 Å². The van der Waals surface area contributed by atoms with Gasteiger partial charge < -0.3 is 15.2 Å². The van der Waals surface area contributed by atoms with Crippen LogP contribution in [0.4, 0.5) is 5.69 Å². The third-order valence-corrected chi connectivity index (χ3v) is 6.45. The summed E-state index contributed by atoms with van der Waals surface area (Å²) >= 11 is 0. The molecule has 3 aromatic rings. The SMILES string of the molecule is CNC(=O)c1ccc(N2CCN(Cc3cnc4cc(C5CC5)c(=O)[nH]c4c3)C[C@H]2C)cn1. The monoisotopic (exact) mass is 432 g/mol. The fourth-order valence-corrected chi connectivity index (χ4v) is 4.56. The lowest BCUT2D eigenvalue weighted by Crippen LogP contribution is -2.51. The zero-order valence-corrected chi connectivity index (χ0v) is 18.5. The molecule has 1 aliphatic carbocycles. The summed E-state index contributed by atoms with van der Waals surface area (Å²) in [7, 11) is 1.60. The Kier molecular flexibility index (Phi) is 5.38. The summed E-state index contributed by atoms with van der Waals surface area (Å²) in [4.78, 5) is 40.8. The second kappa shape index (κ2) is 8.35. The third-order valence-electron chi connectivity index (χ3n) is 6.45. The average molecular weight is 433 g/mol. The number of nitrogens with one attached hydrogen (secondary N) is 2. The number of carbonyl (C=O) groups is 1. The molecule has 2 fully saturated rings. The number of pyridine rings is 3. The molecule has 0 unspecified atom stereocenters. The second-order valence-corrected chi connectivity index (χ2v) is 8.86. The molecule has 2 N–H and O–H groups in total. The van der Waals surface area contributed by atoms with Crippen LogP contribution in [-0.4, -0.2) is 58.5 Å². The zero-order valence-electron chi connectivity index (χ0n) is 18.5. The molecule has 1 saturated carbocycles. The van der Waals surface area contributed by atoms with Crippen molar-refractivity contribution in [1.29, 1.82) is 0 Å². The fraction of sp³-hybridized carbons (Fsp3) is 0.417. The summed E-state index contributed by atoms with van der Waals surface area (Å²) in [5.74, 6) is 0.237. The van der Waals surface area contributed by atoms with Crippen LogP contribution in [0, 0.1) is 0 Å². The van der Waals surface area contributed by atoms with Crippen molar-refractivity contribution in [3.63, 3.8) is 0 Å². The Labute approximate surface area is 186 Å². The van der Waals surface area contributed by atoms with Crippen molar-refractivity contribution in [1.82, 2.24) is 25.2 Å². The van der Waals surface area contributed by atoms with E-state index in [1.165, 1.54) is 0 Å². The van der Waals surface area contributed by atoms with Gasteiger partial charge in [-0.3, -0.25) is 19.5 Å². The van der Waals surface area contributed by atoms with E-state index in [1.54, 1.807) is 19.3 Å². The first-order valence-corrected chi connectivity index (χ1v) is 11.2. The molecule has 4 heterocycles. The summed E-state index contributed by atoms with van der Waals surface area (Å²) in [6.45, 7) is 5.70. The maximum atomic E-state index is 12.4. The van der Waals surface area contributed by atoms with Crippen molar-refractivity contribution in [2.75, 3.05) is 31.6 Å². The summed E-state index contributed by atoms with van der Waals surface area (Å²) in [6.07, 6.45) is 5.90. The van der Waals surface area contributed by atoms with Gasteiger partial charge in [0, 0.05) is 51.0 Å².